The van der Waals surface area contributed by atoms with Gasteiger partial charge < -0.3 is 5.73 Å². The van der Waals surface area contributed by atoms with Gasteiger partial charge in [-0.1, -0.05) is 13.8 Å². The first-order chi connectivity index (χ1) is 8.69. The predicted molar refractivity (Wildman–Crippen MR) is 71.9 cm³/mol. The number of fused-ring (bicyclic) bond motifs is 1. The summed E-state index contributed by atoms with van der Waals surface area (Å²) < 4.78 is 1.51. The van der Waals surface area contributed by atoms with E-state index in [1.807, 2.05) is 6.07 Å². The number of aromatic amines is 1. The van der Waals surface area contributed by atoms with Crippen LogP contribution in [-0.2, 0) is 6.42 Å². The van der Waals surface area contributed by atoms with Crippen LogP contribution in [0.4, 0.5) is 0 Å². The molecule has 0 aliphatic heterocycles. The smallest absolute Gasteiger partial charge is 0.272 e. The van der Waals surface area contributed by atoms with Gasteiger partial charge in [0.2, 0.25) is 0 Å². The zero-order valence-corrected chi connectivity index (χ0v) is 10.9. The minimum Gasteiger partial charge on any atom is -0.330 e. The van der Waals surface area contributed by atoms with E-state index < -0.39 is 0 Å². The third-order valence-corrected chi connectivity index (χ3v) is 3.35. The SMILES string of the molecule is CCC(CC)c1cc2nc(CCN)cc(=O)n2[nH]1. The second kappa shape index (κ2) is 5.35. The maximum absolute atomic E-state index is 11.9. The average molecular weight is 248 g/mol. The van der Waals surface area contributed by atoms with Gasteiger partial charge in [0.05, 0.1) is 0 Å². The lowest BCUT2D eigenvalue weighted by molar-refractivity contribution is 0.615. The Labute approximate surface area is 106 Å². The summed E-state index contributed by atoms with van der Waals surface area (Å²) in [6, 6.07) is 3.52. The monoisotopic (exact) mass is 248 g/mol. The first-order valence-electron chi connectivity index (χ1n) is 6.51. The molecule has 0 radical (unpaired) electrons. The average Bonchev–Trinajstić information content (AvgIpc) is 2.75. The quantitative estimate of drug-likeness (QED) is 0.840. The van der Waals surface area contributed by atoms with Crippen LogP contribution < -0.4 is 11.3 Å². The molecule has 0 saturated carbocycles. The van der Waals surface area contributed by atoms with Crippen LogP contribution in [0.5, 0.6) is 0 Å². The maximum atomic E-state index is 11.9. The number of nitrogens with two attached hydrogens (primary N) is 1. The number of nitrogens with zero attached hydrogens (tertiary/aromatic N) is 2. The van der Waals surface area contributed by atoms with Gasteiger partial charge in [0.25, 0.3) is 5.56 Å². The van der Waals surface area contributed by atoms with Gasteiger partial charge in [0.15, 0.2) is 5.65 Å². The van der Waals surface area contributed by atoms with Gasteiger partial charge in [-0.2, -0.15) is 0 Å². The van der Waals surface area contributed by atoms with Crippen molar-refractivity contribution >= 4 is 5.65 Å². The minimum atomic E-state index is -0.0688. The summed E-state index contributed by atoms with van der Waals surface area (Å²) in [5.41, 5.74) is 7.95. The highest BCUT2D eigenvalue weighted by molar-refractivity contribution is 5.40. The lowest BCUT2D eigenvalue weighted by atomic mass is 10.00. The van der Waals surface area contributed by atoms with E-state index in [2.05, 4.69) is 23.9 Å². The largest absolute Gasteiger partial charge is 0.330 e. The molecule has 2 rings (SSSR count). The third kappa shape index (κ3) is 2.31. The zero-order chi connectivity index (χ0) is 13.1. The molecular formula is C13H20N4O. The number of nitrogens with one attached hydrogen (secondary N) is 1. The molecule has 0 saturated heterocycles. The van der Waals surface area contributed by atoms with Crippen molar-refractivity contribution in [3.8, 4) is 0 Å². The predicted octanol–water partition coefficient (Wildman–Crippen LogP) is 1.43. The highest BCUT2D eigenvalue weighted by atomic mass is 16.1. The van der Waals surface area contributed by atoms with Crippen molar-refractivity contribution in [1.82, 2.24) is 14.6 Å². The first-order valence-corrected chi connectivity index (χ1v) is 6.51. The van der Waals surface area contributed by atoms with E-state index in [9.17, 15) is 4.79 Å². The Morgan fingerprint density at radius 1 is 1.39 bits per heavy atom. The van der Waals surface area contributed by atoms with E-state index in [0.29, 0.717) is 24.5 Å². The molecule has 0 unspecified atom stereocenters. The first kappa shape index (κ1) is 12.8. The van der Waals surface area contributed by atoms with Gasteiger partial charge in [-0.15, -0.1) is 0 Å². The van der Waals surface area contributed by atoms with Gasteiger partial charge in [-0.05, 0) is 19.4 Å². The molecular weight excluding hydrogens is 228 g/mol. The number of H-pyrrole nitrogens is 1. The van der Waals surface area contributed by atoms with Gasteiger partial charge in [0.1, 0.15) is 0 Å². The highest BCUT2D eigenvalue weighted by Gasteiger charge is 2.12. The molecule has 5 nitrogen and oxygen atoms in total. The summed E-state index contributed by atoms with van der Waals surface area (Å²) in [4.78, 5) is 16.4. The van der Waals surface area contributed by atoms with Crippen molar-refractivity contribution in [3.05, 3.63) is 33.9 Å². The molecule has 98 valence electrons. The topological polar surface area (TPSA) is 76.2 Å². The third-order valence-electron chi connectivity index (χ3n) is 3.35. The standard InChI is InChI=1S/C13H20N4O/c1-3-9(4-2)11-8-12-15-10(5-6-14)7-13(18)17(12)16-11/h7-9,16H,3-6,14H2,1-2H3. The Hall–Kier alpha value is -1.62. The molecule has 5 heteroatoms. The molecule has 0 aliphatic carbocycles. The maximum Gasteiger partial charge on any atom is 0.272 e. The van der Waals surface area contributed by atoms with Crippen LogP contribution in [0.25, 0.3) is 5.65 Å². The number of hydrogen-bond acceptors (Lipinski definition) is 3. The number of hydrogen-bond donors (Lipinski definition) is 2. The molecule has 0 fully saturated rings. The van der Waals surface area contributed by atoms with E-state index in [1.165, 1.54) is 4.52 Å². The molecule has 0 atom stereocenters. The fourth-order valence-electron chi connectivity index (χ4n) is 2.27. The molecule has 3 N–H and O–H groups in total. The van der Waals surface area contributed by atoms with Crippen molar-refractivity contribution in [2.45, 2.75) is 39.0 Å². The van der Waals surface area contributed by atoms with Crippen molar-refractivity contribution in [3.63, 3.8) is 0 Å². The van der Waals surface area contributed by atoms with Crippen molar-refractivity contribution in [1.29, 1.82) is 0 Å². The van der Waals surface area contributed by atoms with Crippen molar-refractivity contribution in [2.24, 2.45) is 5.73 Å². The fourth-order valence-corrected chi connectivity index (χ4v) is 2.27. The Kier molecular flexibility index (Phi) is 3.81. The zero-order valence-electron chi connectivity index (χ0n) is 10.9. The lowest BCUT2D eigenvalue weighted by Gasteiger charge is -2.08. The summed E-state index contributed by atoms with van der Waals surface area (Å²) in [5.74, 6) is 0.448. The number of aromatic nitrogens is 3. The van der Waals surface area contributed by atoms with E-state index in [1.54, 1.807) is 6.07 Å². The second-order valence-electron chi connectivity index (χ2n) is 4.54. The number of rotatable bonds is 5. The highest BCUT2D eigenvalue weighted by Crippen LogP contribution is 2.21. The van der Waals surface area contributed by atoms with Crippen LogP contribution in [-0.4, -0.2) is 21.1 Å². The van der Waals surface area contributed by atoms with E-state index in [-0.39, 0.29) is 5.56 Å². The van der Waals surface area contributed by atoms with E-state index >= 15 is 0 Å². The van der Waals surface area contributed by atoms with Crippen LogP contribution in [0, 0.1) is 0 Å². The fraction of sp³-hybridized carbons (Fsp3) is 0.538. The van der Waals surface area contributed by atoms with Crippen LogP contribution >= 0.6 is 0 Å². The molecule has 18 heavy (non-hydrogen) atoms. The Balaban J connectivity index is 2.50. The molecule has 2 aromatic heterocycles. The molecule has 0 spiro atoms. The summed E-state index contributed by atoms with van der Waals surface area (Å²) in [5, 5.41) is 3.15. The van der Waals surface area contributed by atoms with Crippen molar-refractivity contribution < 1.29 is 0 Å². The van der Waals surface area contributed by atoms with E-state index in [0.717, 1.165) is 24.2 Å². The molecule has 0 amide bonds. The Morgan fingerprint density at radius 3 is 2.72 bits per heavy atom. The summed E-state index contributed by atoms with van der Waals surface area (Å²) in [6.07, 6.45) is 2.73. The van der Waals surface area contributed by atoms with Gasteiger partial charge in [0, 0.05) is 35.9 Å². The van der Waals surface area contributed by atoms with Crippen LogP contribution in [0.1, 0.15) is 44.0 Å². The van der Waals surface area contributed by atoms with Crippen LogP contribution in [0.3, 0.4) is 0 Å². The normalized spacial score (nSPS) is 11.6. The van der Waals surface area contributed by atoms with E-state index in [4.69, 9.17) is 5.73 Å². The van der Waals surface area contributed by atoms with Crippen LogP contribution in [0.15, 0.2) is 16.9 Å². The Morgan fingerprint density at radius 2 is 2.11 bits per heavy atom. The molecule has 2 heterocycles. The molecule has 0 aliphatic rings. The van der Waals surface area contributed by atoms with Gasteiger partial charge in [-0.3, -0.25) is 9.89 Å². The summed E-state index contributed by atoms with van der Waals surface area (Å²) in [6.45, 7) is 4.80. The second-order valence-corrected chi connectivity index (χ2v) is 4.54. The molecule has 2 aromatic rings. The van der Waals surface area contributed by atoms with Gasteiger partial charge in [-0.25, -0.2) is 9.50 Å². The van der Waals surface area contributed by atoms with Crippen LogP contribution in [0.2, 0.25) is 0 Å². The summed E-state index contributed by atoms with van der Waals surface area (Å²) in [7, 11) is 0. The minimum absolute atomic E-state index is 0.0688. The Bertz CT molecular complexity index is 580. The lowest BCUT2D eigenvalue weighted by Crippen LogP contribution is -2.17. The summed E-state index contributed by atoms with van der Waals surface area (Å²) >= 11 is 0. The van der Waals surface area contributed by atoms with Crippen molar-refractivity contribution in [2.75, 3.05) is 6.54 Å². The molecule has 0 bridgehead atoms. The van der Waals surface area contributed by atoms with Gasteiger partial charge >= 0.3 is 0 Å². The molecule has 0 aromatic carbocycles.